The first-order chi connectivity index (χ1) is 13.9. The molecule has 4 atom stereocenters. The monoisotopic (exact) mass is 398 g/mol. The van der Waals surface area contributed by atoms with E-state index in [1.165, 1.54) is 11.0 Å². The summed E-state index contributed by atoms with van der Waals surface area (Å²) in [5, 5.41) is 0. The van der Waals surface area contributed by atoms with Crippen molar-refractivity contribution < 1.29 is 9.59 Å². The van der Waals surface area contributed by atoms with Crippen LogP contribution in [-0.4, -0.2) is 69.4 Å². The Kier molecular flexibility index (Phi) is 4.99. The second-order valence-corrected chi connectivity index (χ2v) is 8.16. The Bertz CT molecular complexity index is 967. The van der Waals surface area contributed by atoms with Gasteiger partial charge in [0.2, 0.25) is 11.8 Å². The lowest BCUT2D eigenvalue weighted by atomic mass is 9.77. The summed E-state index contributed by atoms with van der Waals surface area (Å²) in [5.74, 6) is -0.382. The smallest absolute Gasteiger partial charge is 0.251 e. The van der Waals surface area contributed by atoms with Crippen molar-refractivity contribution in [3.63, 3.8) is 0 Å². The van der Waals surface area contributed by atoms with Crippen LogP contribution in [0.1, 0.15) is 29.8 Å². The highest BCUT2D eigenvalue weighted by Crippen LogP contribution is 2.41. The molecule has 0 unspecified atom stereocenters. The summed E-state index contributed by atoms with van der Waals surface area (Å²) in [6, 6.07) is 3.80. The minimum absolute atomic E-state index is 0.0113. The Balaban J connectivity index is 1.63. The number of H-pyrrole nitrogens is 1. The van der Waals surface area contributed by atoms with Crippen LogP contribution in [0.15, 0.2) is 35.5 Å². The first kappa shape index (κ1) is 19.4. The second kappa shape index (κ2) is 7.47. The maximum atomic E-state index is 13.0. The highest BCUT2D eigenvalue weighted by atomic mass is 16.2. The molecule has 0 radical (unpaired) electrons. The molecular weight excluding hydrogens is 372 g/mol. The van der Waals surface area contributed by atoms with E-state index >= 15 is 0 Å². The van der Waals surface area contributed by atoms with Crippen LogP contribution >= 0.6 is 0 Å². The van der Waals surface area contributed by atoms with Crippen molar-refractivity contribution in [3.8, 4) is 0 Å². The van der Waals surface area contributed by atoms with Crippen LogP contribution in [0.5, 0.6) is 0 Å². The minimum Gasteiger partial charge on any atom is -0.348 e. The molecule has 154 valence electrons. The van der Waals surface area contributed by atoms with Crippen LogP contribution < -0.4 is 11.3 Å². The average molecular weight is 398 g/mol. The molecule has 0 spiro atoms. The lowest BCUT2D eigenvalue weighted by molar-refractivity contribution is -0.141. The van der Waals surface area contributed by atoms with Gasteiger partial charge in [-0.05, 0) is 12.5 Å². The molecule has 2 aliphatic rings. The summed E-state index contributed by atoms with van der Waals surface area (Å²) in [5.41, 5.74) is 7.63. The fourth-order valence-corrected chi connectivity index (χ4v) is 4.65. The highest BCUT2D eigenvalue weighted by molar-refractivity contribution is 5.83. The Morgan fingerprint density at radius 1 is 1.34 bits per heavy atom. The van der Waals surface area contributed by atoms with Gasteiger partial charge in [0.15, 0.2) is 0 Å². The van der Waals surface area contributed by atoms with Gasteiger partial charge in [-0.3, -0.25) is 19.0 Å². The van der Waals surface area contributed by atoms with E-state index in [0.717, 1.165) is 17.8 Å². The summed E-state index contributed by atoms with van der Waals surface area (Å²) in [6.07, 6.45) is 4.37. The molecule has 0 saturated carbocycles. The number of imidazole rings is 1. The third-order valence-electron chi connectivity index (χ3n) is 5.96. The van der Waals surface area contributed by atoms with Crippen LogP contribution in [-0.2, 0) is 16.0 Å². The van der Waals surface area contributed by atoms with E-state index in [0.29, 0.717) is 19.5 Å². The van der Waals surface area contributed by atoms with E-state index in [9.17, 15) is 14.4 Å². The number of carbonyl (C=O) groups is 2. The molecule has 1 fully saturated rings. The summed E-state index contributed by atoms with van der Waals surface area (Å²) >= 11 is 0. The predicted octanol–water partition coefficient (Wildman–Crippen LogP) is -0.284. The number of nitrogens with zero attached hydrogens (tertiary/aromatic N) is 4. The molecule has 2 aromatic heterocycles. The quantitative estimate of drug-likeness (QED) is 0.734. The van der Waals surface area contributed by atoms with Crippen LogP contribution in [0, 0.1) is 5.92 Å². The number of pyridine rings is 1. The zero-order chi connectivity index (χ0) is 20.7. The molecule has 0 aliphatic carbocycles. The molecule has 9 heteroatoms. The fourth-order valence-electron chi connectivity index (χ4n) is 4.65. The zero-order valence-electron chi connectivity index (χ0n) is 16.6. The van der Waals surface area contributed by atoms with Gasteiger partial charge in [0.1, 0.15) is 6.04 Å². The first-order valence-corrected chi connectivity index (χ1v) is 9.81. The molecular formula is C20H26N6O3. The molecule has 0 aromatic carbocycles. The van der Waals surface area contributed by atoms with Gasteiger partial charge in [-0.1, -0.05) is 6.07 Å². The molecule has 4 rings (SSSR count). The lowest BCUT2D eigenvalue weighted by Crippen LogP contribution is -2.56. The maximum Gasteiger partial charge on any atom is 0.251 e. The molecule has 3 N–H and O–H groups in total. The molecule has 29 heavy (non-hydrogen) atoms. The number of hydrogen-bond donors (Lipinski definition) is 2. The van der Waals surface area contributed by atoms with Crippen LogP contribution in [0.3, 0.4) is 0 Å². The van der Waals surface area contributed by atoms with Gasteiger partial charge in [-0.15, -0.1) is 0 Å². The SMILES string of the molecule is CN(C)C(=O)[C@H]1[C@H]2C[C@H](CN(C(=O)[C@@H](N)Cc3cnc[nH]3)C2)c2cccc(=O)n21. The molecule has 1 saturated heterocycles. The number of fused-ring (bicyclic) bond motifs is 4. The number of piperidine rings is 1. The number of aromatic nitrogens is 3. The largest absolute Gasteiger partial charge is 0.348 e. The van der Waals surface area contributed by atoms with Crippen molar-refractivity contribution in [1.82, 2.24) is 24.3 Å². The number of amides is 2. The summed E-state index contributed by atoms with van der Waals surface area (Å²) < 4.78 is 1.63. The highest BCUT2D eigenvalue weighted by Gasteiger charge is 2.45. The Morgan fingerprint density at radius 3 is 2.83 bits per heavy atom. The maximum absolute atomic E-state index is 13.0. The van der Waals surface area contributed by atoms with Gasteiger partial charge >= 0.3 is 0 Å². The average Bonchev–Trinajstić information content (AvgIpc) is 3.20. The van der Waals surface area contributed by atoms with Crippen molar-refractivity contribution in [2.75, 3.05) is 27.2 Å². The number of likely N-dealkylation sites (N-methyl/N-ethyl adjacent to an activating group) is 1. The number of likely N-dealkylation sites (tertiary alicyclic amines) is 1. The third kappa shape index (κ3) is 3.46. The van der Waals surface area contributed by atoms with Crippen LogP contribution in [0.2, 0.25) is 0 Å². The van der Waals surface area contributed by atoms with Crippen LogP contribution in [0.4, 0.5) is 0 Å². The van der Waals surface area contributed by atoms with E-state index in [1.807, 2.05) is 6.07 Å². The van der Waals surface area contributed by atoms with Gasteiger partial charge in [-0.2, -0.15) is 0 Å². The van der Waals surface area contributed by atoms with Crippen molar-refractivity contribution >= 4 is 11.8 Å². The first-order valence-electron chi connectivity index (χ1n) is 9.81. The van der Waals surface area contributed by atoms with Gasteiger partial charge in [-0.25, -0.2) is 4.98 Å². The Labute approximate surface area is 168 Å². The predicted molar refractivity (Wildman–Crippen MR) is 106 cm³/mol. The van der Waals surface area contributed by atoms with E-state index in [4.69, 9.17) is 5.73 Å². The number of aromatic amines is 1. The van der Waals surface area contributed by atoms with Crippen molar-refractivity contribution in [1.29, 1.82) is 0 Å². The fraction of sp³-hybridized carbons (Fsp3) is 0.500. The number of nitrogens with one attached hydrogen (secondary N) is 1. The number of hydrogen-bond acceptors (Lipinski definition) is 5. The molecule has 2 aliphatic heterocycles. The van der Waals surface area contributed by atoms with Crippen molar-refractivity contribution in [3.05, 3.63) is 52.5 Å². The standard InChI is InChI=1S/C20H26N6O3/c1-24(2)20(29)18-13-6-12(16-4-3-5-17(27)26(16)18)9-25(10-13)19(28)15(21)7-14-8-22-11-23-14/h3-5,8,11-13,15,18H,6-7,9-10,21H2,1-2H3,(H,22,23)/t12-,13+,15+,18-/m1/s1. The molecule has 2 bridgehead atoms. The van der Waals surface area contributed by atoms with Gasteiger partial charge in [0.05, 0.1) is 12.4 Å². The Morgan fingerprint density at radius 2 is 2.14 bits per heavy atom. The number of rotatable bonds is 4. The van der Waals surface area contributed by atoms with E-state index in [1.54, 1.807) is 42.2 Å². The van der Waals surface area contributed by atoms with Gasteiger partial charge in [0, 0.05) is 69.1 Å². The lowest BCUT2D eigenvalue weighted by Gasteiger charge is -2.47. The van der Waals surface area contributed by atoms with Crippen LogP contribution in [0.25, 0.3) is 0 Å². The third-order valence-corrected chi connectivity index (χ3v) is 5.96. The normalized spacial score (nSPS) is 24.0. The number of nitrogens with two attached hydrogens (primary N) is 1. The summed E-state index contributed by atoms with van der Waals surface area (Å²) in [6.45, 7) is 0.912. The van der Waals surface area contributed by atoms with Crippen molar-refractivity contribution in [2.24, 2.45) is 11.7 Å². The van der Waals surface area contributed by atoms with Gasteiger partial charge in [0.25, 0.3) is 5.56 Å². The molecule has 2 aromatic rings. The van der Waals surface area contributed by atoms with E-state index in [-0.39, 0.29) is 29.2 Å². The van der Waals surface area contributed by atoms with E-state index < -0.39 is 12.1 Å². The van der Waals surface area contributed by atoms with E-state index in [2.05, 4.69) is 9.97 Å². The Hall–Kier alpha value is -2.94. The molecule has 9 nitrogen and oxygen atoms in total. The van der Waals surface area contributed by atoms with Crippen molar-refractivity contribution in [2.45, 2.75) is 30.8 Å². The second-order valence-electron chi connectivity index (χ2n) is 8.16. The topological polar surface area (TPSA) is 117 Å². The number of carbonyl (C=O) groups excluding carboxylic acids is 2. The summed E-state index contributed by atoms with van der Waals surface area (Å²) in [4.78, 5) is 48.8. The zero-order valence-corrected chi connectivity index (χ0v) is 16.6. The summed E-state index contributed by atoms with van der Waals surface area (Å²) in [7, 11) is 3.38. The molecule has 4 heterocycles. The minimum atomic E-state index is -0.685. The van der Waals surface area contributed by atoms with Gasteiger partial charge < -0.3 is 20.5 Å². The molecule has 2 amide bonds.